The molecular weight excluding hydrogens is 173 g/mol. The Morgan fingerprint density at radius 3 is 2.54 bits per heavy atom. The first-order valence-electron chi connectivity index (χ1n) is 3.98. The van der Waals surface area contributed by atoms with Gasteiger partial charge in [0.15, 0.2) is 11.5 Å². The maximum Gasteiger partial charge on any atom is 0.157 e. The molecule has 1 atom stereocenters. The summed E-state index contributed by atoms with van der Waals surface area (Å²) in [6, 6.07) is 3.81. The molecule has 0 saturated carbocycles. The number of benzene rings is 1. The summed E-state index contributed by atoms with van der Waals surface area (Å²) in [5.41, 5.74) is 6.21. The summed E-state index contributed by atoms with van der Waals surface area (Å²) in [5, 5.41) is 18.1. The largest absolute Gasteiger partial charge is 0.504 e. The molecule has 0 unspecified atom stereocenters. The first kappa shape index (κ1) is 9.80. The number of nitrogens with two attached hydrogens (primary N) is 1. The molecule has 0 radical (unpaired) electrons. The number of hydrogen-bond acceptors (Lipinski definition) is 3. The van der Waals surface area contributed by atoms with E-state index in [0.717, 1.165) is 0 Å². The molecule has 0 aliphatic carbocycles. The summed E-state index contributed by atoms with van der Waals surface area (Å²) >= 11 is 0. The van der Waals surface area contributed by atoms with Crippen molar-refractivity contribution in [3.63, 3.8) is 0 Å². The van der Waals surface area contributed by atoms with E-state index in [0.29, 0.717) is 5.56 Å². The molecular formula is C9H12FNO2. The first-order valence-corrected chi connectivity index (χ1v) is 3.98. The lowest BCUT2D eigenvalue weighted by molar-refractivity contribution is 0.401. The van der Waals surface area contributed by atoms with Gasteiger partial charge in [-0.15, -0.1) is 0 Å². The minimum atomic E-state index is -0.497. The van der Waals surface area contributed by atoms with E-state index in [1.807, 2.05) is 0 Å². The van der Waals surface area contributed by atoms with Crippen molar-refractivity contribution in [1.29, 1.82) is 0 Å². The van der Waals surface area contributed by atoms with E-state index in [4.69, 9.17) is 15.9 Å². The average molecular weight is 185 g/mol. The highest BCUT2D eigenvalue weighted by Crippen LogP contribution is 2.27. The zero-order valence-corrected chi connectivity index (χ0v) is 7.07. The number of aromatic hydroxyl groups is 2. The van der Waals surface area contributed by atoms with Crippen LogP contribution in [0.4, 0.5) is 4.39 Å². The average Bonchev–Trinajstić information content (AvgIpc) is 2.10. The molecule has 0 amide bonds. The Kier molecular flexibility index (Phi) is 3.08. The quantitative estimate of drug-likeness (QED) is 0.624. The standard InChI is InChI=1S/C9H12FNO2/c10-4-3-7(11)6-1-2-8(12)9(13)5-6/h1-2,5,7,12-13H,3-4,11H2/t7-/m0/s1. The Labute approximate surface area is 75.6 Å². The lowest BCUT2D eigenvalue weighted by Crippen LogP contribution is -2.10. The summed E-state index contributed by atoms with van der Waals surface area (Å²) < 4.78 is 11.9. The van der Waals surface area contributed by atoms with Crippen molar-refractivity contribution < 1.29 is 14.6 Å². The van der Waals surface area contributed by atoms with Gasteiger partial charge in [0.05, 0.1) is 6.67 Å². The second-order valence-corrected chi connectivity index (χ2v) is 2.83. The van der Waals surface area contributed by atoms with Crippen LogP contribution in [0.1, 0.15) is 18.0 Å². The number of rotatable bonds is 3. The molecule has 0 aliphatic heterocycles. The normalized spacial score (nSPS) is 12.8. The van der Waals surface area contributed by atoms with Gasteiger partial charge in [-0.05, 0) is 24.1 Å². The van der Waals surface area contributed by atoms with E-state index in [9.17, 15) is 4.39 Å². The van der Waals surface area contributed by atoms with Crippen molar-refractivity contribution in [2.45, 2.75) is 12.5 Å². The molecule has 72 valence electrons. The zero-order chi connectivity index (χ0) is 9.84. The second-order valence-electron chi connectivity index (χ2n) is 2.83. The fraction of sp³-hybridized carbons (Fsp3) is 0.333. The smallest absolute Gasteiger partial charge is 0.157 e. The maximum absolute atomic E-state index is 11.9. The summed E-state index contributed by atoms with van der Waals surface area (Å²) in [6.45, 7) is -0.497. The third-order valence-electron chi connectivity index (χ3n) is 1.85. The molecule has 0 spiro atoms. The van der Waals surface area contributed by atoms with Crippen molar-refractivity contribution in [3.8, 4) is 11.5 Å². The van der Waals surface area contributed by atoms with E-state index in [1.54, 1.807) is 6.07 Å². The topological polar surface area (TPSA) is 66.5 Å². The number of alkyl halides is 1. The highest BCUT2D eigenvalue weighted by Gasteiger charge is 2.07. The van der Waals surface area contributed by atoms with Crippen LogP contribution in [-0.4, -0.2) is 16.9 Å². The molecule has 1 rings (SSSR count). The summed E-state index contributed by atoms with van der Waals surface area (Å²) in [7, 11) is 0. The fourth-order valence-corrected chi connectivity index (χ4v) is 1.06. The van der Waals surface area contributed by atoms with Crippen LogP contribution in [-0.2, 0) is 0 Å². The molecule has 4 N–H and O–H groups in total. The number of phenols is 2. The van der Waals surface area contributed by atoms with Crippen LogP contribution in [0, 0.1) is 0 Å². The zero-order valence-electron chi connectivity index (χ0n) is 7.07. The summed E-state index contributed by atoms with van der Waals surface area (Å²) in [6.07, 6.45) is 0.213. The third-order valence-corrected chi connectivity index (χ3v) is 1.85. The van der Waals surface area contributed by atoms with Gasteiger partial charge in [-0.2, -0.15) is 0 Å². The fourth-order valence-electron chi connectivity index (χ4n) is 1.06. The number of halogens is 1. The Hall–Kier alpha value is -1.29. The Balaban J connectivity index is 2.84. The predicted octanol–water partition coefficient (Wildman–Crippen LogP) is 1.46. The van der Waals surface area contributed by atoms with E-state index < -0.39 is 12.7 Å². The van der Waals surface area contributed by atoms with Crippen LogP contribution in [0.15, 0.2) is 18.2 Å². The number of hydrogen-bond donors (Lipinski definition) is 3. The molecule has 0 heterocycles. The summed E-state index contributed by atoms with van der Waals surface area (Å²) in [4.78, 5) is 0. The predicted molar refractivity (Wildman–Crippen MR) is 47.3 cm³/mol. The molecule has 4 heteroatoms. The van der Waals surface area contributed by atoms with Crippen molar-refractivity contribution in [3.05, 3.63) is 23.8 Å². The van der Waals surface area contributed by atoms with Crippen LogP contribution in [0.2, 0.25) is 0 Å². The van der Waals surface area contributed by atoms with Crippen molar-refractivity contribution in [2.75, 3.05) is 6.67 Å². The third kappa shape index (κ3) is 2.32. The lowest BCUT2D eigenvalue weighted by Gasteiger charge is -2.10. The van der Waals surface area contributed by atoms with E-state index in [1.165, 1.54) is 12.1 Å². The molecule has 3 nitrogen and oxygen atoms in total. The summed E-state index contributed by atoms with van der Waals surface area (Å²) in [5.74, 6) is -0.428. The minimum Gasteiger partial charge on any atom is -0.504 e. The van der Waals surface area contributed by atoms with Crippen LogP contribution in [0.5, 0.6) is 11.5 Å². The Morgan fingerprint density at radius 1 is 1.31 bits per heavy atom. The molecule has 13 heavy (non-hydrogen) atoms. The van der Waals surface area contributed by atoms with Gasteiger partial charge in [-0.3, -0.25) is 4.39 Å². The van der Waals surface area contributed by atoms with Gasteiger partial charge in [-0.1, -0.05) is 6.07 Å². The van der Waals surface area contributed by atoms with Crippen LogP contribution < -0.4 is 5.73 Å². The molecule has 0 aromatic heterocycles. The van der Waals surface area contributed by atoms with Gasteiger partial charge in [0.2, 0.25) is 0 Å². The first-order chi connectivity index (χ1) is 6.15. The molecule has 0 aliphatic rings. The molecule has 0 saturated heterocycles. The Bertz CT molecular complexity index is 291. The lowest BCUT2D eigenvalue weighted by atomic mass is 10.0. The number of phenolic OH excluding ortho intramolecular Hbond substituents is 2. The monoisotopic (exact) mass is 185 g/mol. The van der Waals surface area contributed by atoms with Crippen LogP contribution in [0.25, 0.3) is 0 Å². The van der Waals surface area contributed by atoms with E-state index in [2.05, 4.69) is 0 Å². The van der Waals surface area contributed by atoms with Gasteiger partial charge < -0.3 is 15.9 Å². The van der Waals surface area contributed by atoms with Crippen molar-refractivity contribution in [2.24, 2.45) is 5.73 Å². The van der Waals surface area contributed by atoms with Gasteiger partial charge in [0, 0.05) is 6.04 Å². The highest BCUT2D eigenvalue weighted by atomic mass is 19.1. The highest BCUT2D eigenvalue weighted by molar-refractivity contribution is 5.41. The van der Waals surface area contributed by atoms with Crippen molar-refractivity contribution >= 4 is 0 Å². The maximum atomic E-state index is 11.9. The van der Waals surface area contributed by atoms with Gasteiger partial charge in [0.1, 0.15) is 0 Å². The van der Waals surface area contributed by atoms with Crippen molar-refractivity contribution in [1.82, 2.24) is 0 Å². The van der Waals surface area contributed by atoms with Crippen LogP contribution in [0.3, 0.4) is 0 Å². The molecule has 1 aromatic rings. The molecule has 0 bridgehead atoms. The minimum absolute atomic E-state index is 0.198. The van der Waals surface area contributed by atoms with Crippen LogP contribution >= 0.6 is 0 Å². The van der Waals surface area contributed by atoms with Gasteiger partial charge >= 0.3 is 0 Å². The van der Waals surface area contributed by atoms with E-state index in [-0.39, 0.29) is 17.9 Å². The van der Waals surface area contributed by atoms with Gasteiger partial charge in [-0.25, -0.2) is 0 Å². The van der Waals surface area contributed by atoms with Gasteiger partial charge in [0.25, 0.3) is 0 Å². The SMILES string of the molecule is N[C@@H](CCF)c1ccc(O)c(O)c1. The molecule has 1 aromatic carbocycles. The second kappa shape index (κ2) is 4.09. The molecule has 0 fully saturated rings. The Morgan fingerprint density at radius 2 is 2.00 bits per heavy atom. The van der Waals surface area contributed by atoms with E-state index >= 15 is 0 Å².